The number of aliphatic hydroxyl groups is 1. The van der Waals surface area contributed by atoms with E-state index in [2.05, 4.69) is 5.32 Å². The third-order valence-electron chi connectivity index (χ3n) is 9.01. The maximum Gasteiger partial charge on any atom is 0.257 e. The Balaban J connectivity index is 0.00000165. The summed E-state index contributed by atoms with van der Waals surface area (Å²) >= 11 is 0. The molecule has 8 nitrogen and oxygen atoms in total. The van der Waals surface area contributed by atoms with Crippen LogP contribution in [0, 0.1) is 18.2 Å². The van der Waals surface area contributed by atoms with Crippen molar-refractivity contribution in [2.75, 3.05) is 13.7 Å². The quantitative estimate of drug-likeness (QED) is 0.303. The van der Waals surface area contributed by atoms with Crippen LogP contribution in [-0.4, -0.2) is 40.6 Å². The molecule has 1 aliphatic heterocycles. The van der Waals surface area contributed by atoms with Gasteiger partial charge in [0, 0.05) is 35.6 Å². The number of pyridine rings is 2. The van der Waals surface area contributed by atoms with Crippen LogP contribution >= 0.6 is 0 Å². The van der Waals surface area contributed by atoms with Crippen LogP contribution in [-0.2, 0) is 33.9 Å². The number of carbonyl (C=O) groups is 2. The standard InChI is InChI=1S/C30H32FN3O5.C2H6/c1-4-16(12-35)18-9-24-27-19(11-34(24)28(37)20(18)13-39-3)26-22(33-29(38)30(14-36)7-8-30)6-5-17-15(2)21(31)10-23(32-27)25(17)26;1-2/h9-10,12,16,22,36H,4-8,11,13-14H2,1-3H3,(H,33,38);1-2H3. The second kappa shape index (κ2) is 11.1. The molecule has 6 rings (SSSR count). The number of nitrogens with zero attached hydrogens (tertiary/aromatic N) is 2. The number of carbonyl (C=O) groups excluding carboxylic acids is 2. The van der Waals surface area contributed by atoms with E-state index in [-0.39, 0.29) is 43.1 Å². The molecule has 2 atom stereocenters. The number of aliphatic hydroxyl groups excluding tert-OH is 1. The van der Waals surface area contributed by atoms with E-state index in [0.29, 0.717) is 65.7 Å². The fourth-order valence-corrected chi connectivity index (χ4v) is 6.44. The van der Waals surface area contributed by atoms with E-state index in [0.717, 1.165) is 28.4 Å². The van der Waals surface area contributed by atoms with Crippen molar-refractivity contribution in [1.82, 2.24) is 14.9 Å². The van der Waals surface area contributed by atoms with Crippen molar-refractivity contribution in [3.05, 3.63) is 61.7 Å². The predicted octanol–water partition coefficient (Wildman–Crippen LogP) is 4.61. The molecular weight excluding hydrogens is 525 g/mol. The second-order valence-corrected chi connectivity index (χ2v) is 11.2. The lowest BCUT2D eigenvalue weighted by Crippen LogP contribution is -2.38. The van der Waals surface area contributed by atoms with Gasteiger partial charge in [0.05, 0.1) is 48.1 Å². The van der Waals surface area contributed by atoms with Gasteiger partial charge in [0.2, 0.25) is 5.91 Å². The normalized spacial score (nSPS) is 18.2. The highest BCUT2D eigenvalue weighted by atomic mass is 19.1. The van der Waals surface area contributed by atoms with E-state index in [1.165, 1.54) is 13.2 Å². The summed E-state index contributed by atoms with van der Waals surface area (Å²) < 4.78 is 22.0. The molecule has 3 aromatic rings. The van der Waals surface area contributed by atoms with Crippen LogP contribution in [0.3, 0.4) is 0 Å². The number of nitrogens with one attached hydrogen (secondary N) is 1. The SMILES string of the molecule is CC.CCC(C=O)c1cc2n(c(=O)c1COC)Cc1c-2nc2cc(F)c(C)c3c2c1C(NC(=O)C1(CO)CC1)CC3. The Morgan fingerprint density at radius 3 is 2.66 bits per heavy atom. The minimum absolute atomic E-state index is 0.0773. The third kappa shape index (κ3) is 4.50. The van der Waals surface area contributed by atoms with Crippen molar-refractivity contribution in [2.45, 2.75) is 84.9 Å². The first-order valence-corrected chi connectivity index (χ1v) is 14.6. The highest BCUT2D eigenvalue weighted by Crippen LogP contribution is 2.48. The predicted molar refractivity (Wildman–Crippen MR) is 154 cm³/mol. The number of methoxy groups -OCH3 is 1. The summed E-state index contributed by atoms with van der Waals surface area (Å²) in [6.45, 7) is 7.79. The van der Waals surface area contributed by atoms with Gasteiger partial charge in [-0.2, -0.15) is 0 Å². The summed E-state index contributed by atoms with van der Waals surface area (Å²) in [4.78, 5) is 43.8. The summed E-state index contributed by atoms with van der Waals surface area (Å²) in [6.07, 6.45) is 3.83. The molecule has 0 bridgehead atoms. The second-order valence-electron chi connectivity index (χ2n) is 11.2. The summed E-state index contributed by atoms with van der Waals surface area (Å²) in [5.41, 5.74) is 4.85. The molecule has 0 spiro atoms. The molecule has 0 saturated heterocycles. The fraction of sp³-hybridized carbons (Fsp3) is 0.500. The Morgan fingerprint density at radius 2 is 2.05 bits per heavy atom. The third-order valence-corrected chi connectivity index (χ3v) is 9.01. The summed E-state index contributed by atoms with van der Waals surface area (Å²) in [5, 5.41) is 13.8. The Labute approximate surface area is 238 Å². The molecule has 9 heteroatoms. The van der Waals surface area contributed by atoms with Crippen LogP contribution in [0.5, 0.6) is 0 Å². The number of amides is 1. The number of halogens is 1. The van der Waals surface area contributed by atoms with Gasteiger partial charge >= 0.3 is 0 Å². The van der Waals surface area contributed by atoms with Gasteiger partial charge in [-0.05, 0) is 67.3 Å². The first-order chi connectivity index (χ1) is 19.8. The van der Waals surface area contributed by atoms with Crippen molar-refractivity contribution in [3.63, 3.8) is 0 Å². The molecule has 1 aromatic carbocycles. The highest BCUT2D eigenvalue weighted by Gasteiger charge is 2.50. The van der Waals surface area contributed by atoms with Gasteiger partial charge in [0.15, 0.2) is 0 Å². The lowest BCUT2D eigenvalue weighted by Gasteiger charge is -2.30. The largest absolute Gasteiger partial charge is 0.395 e. The average Bonchev–Trinajstić information content (AvgIpc) is 3.71. The van der Waals surface area contributed by atoms with Crippen molar-refractivity contribution in [1.29, 1.82) is 0 Å². The number of hydrogen-bond donors (Lipinski definition) is 2. The molecule has 2 N–H and O–H groups in total. The van der Waals surface area contributed by atoms with E-state index < -0.39 is 11.3 Å². The molecule has 0 radical (unpaired) electrons. The molecule has 2 aromatic heterocycles. The monoisotopic (exact) mass is 563 g/mol. The molecule has 2 unspecified atom stereocenters. The van der Waals surface area contributed by atoms with Crippen molar-refractivity contribution in [3.8, 4) is 11.4 Å². The zero-order chi connectivity index (χ0) is 29.6. The van der Waals surface area contributed by atoms with Crippen LogP contribution < -0.4 is 10.9 Å². The number of hydrogen-bond acceptors (Lipinski definition) is 6. The molecule has 2 aliphatic carbocycles. The van der Waals surface area contributed by atoms with Gasteiger partial charge < -0.3 is 24.5 Å². The molecule has 1 saturated carbocycles. The number of fused-ring (bicyclic) bond motifs is 4. The molecule has 41 heavy (non-hydrogen) atoms. The van der Waals surface area contributed by atoms with Crippen LogP contribution in [0.15, 0.2) is 16.9 Å². The fourth-order valence-electron chi connectivity index (χ4n) is 6.44. The Kier molecular flexibility index (Phi) is 7.87. The minimum atomic E-state index is -0.734. The van der Waals surface area contributed by atoms with E-state index in [4.69, 9.17) is 9.72 Å². The van der Waals surface area contributed by atoms with E-state index >= 15 is 4.39 Å². The van der Waals surface area contributed by atoms with Crippen LogP contribution in [0.25, 0.3) is 22.3 Å². The molecule has 1 fully saturated rings. The van der Waals surface area contributed by atoms with Crippen molar-refractivity contribution in [2.24, 2.45) is 5.41 Å². The molecule has 3 heterocycles. The van der Waals surface area contributed by atoms with Crippen molar-refractivity contribution >= 4 is 23.1 Å². The number of ether oxygens (including phenoxy) is 1. The molecule has 3 aliphatic rings. The van der Waals surface area contributed by atoms with E-state index in [1.54, 1.807) is 11.5 Å². The molecular formula is C32H38FN3O5. The Bertz CT molecular complexity index is 1610. The lowest BCUT2D eigenvalue weighted by atomic mass is 9.81. The zero-order valence-corrected chi connectivity index (χ0v) is 24.4. The summed E-state index contributed by atoms with van der Waals surface area (Å²) in [7, 11) is 1.51. The smallest absolute Gasteiger partial charge is 0.257 e. The highest BCUT2D eigenvalue weighted by molar-refractivity contribution is 5.94. The first kappa shape index (κ1) is 29.1. The van der Waals surface area contributed by atoms with Gasteiger partial charge in [-0.25, -0.2) is 9.37 Å². The van der Waals surface area contributed by atoms with E-state index in [9.17, 15) is 19.5 Å². The van der Waals surface area contributed by atoms with Gasteiger partial charge in [-0.3, -0.25) is 9.59 Å². The maximum atomic E-state index is 15.0. The van der Waals surface area contributed by atoms with Gasteiger partial charge in [-0.1, -0.05) is 20.8 Å². The molecule has 218 valence electrons. The van der Waals surface area contributed by atoms with E-state index in [1.807, 2.05) is 26.8 Å². The van der Waals surface area contributed by atoms with Crippen molar-refractivity contribution < 1.29 is 23.8 Å². The number of aldehydes is 1. The number of aromatic nitrogens is 2. The van der Waals surface area contributed by atoms with Gasteiger partial charge in [0.1, 0.15) is 12.1 Å². The van der Waals surface area contributed by atoms with Crippen LogP contribution in [0.4, 0.5) is 4.39 Å². The first-order valence-electron chi connectivity index (χ1n) is 14.6. The summed E-state index contributed by atoms with van der Waals surface area (Å²) in [5.74, 6) is -0.984. The topological polar surface area (TPSA) is 111 Å². The number of rotatable bonds is 8. The van der Waals surface area contributed by atoms with Gasteiger partial charge in [-0.15, -0.1) is 0 Å². The lowest BCUT2D eigenvalue weighted by molar-refractivity contribution is -0.128. The number of benzene rings is 1. The maximum absolute atomic E-state index is 15.0. The van der Waals surface area contributed by atoms with Crippen LogP contribution in [0.2, 0.25) is 0 Å². The Hall–Kier alpha value is -3.43. The Morgan fingerprint density at radius 1 is 1.32 bits per heavy atom. The minimum Gasteiger partial charge on any atom is -0.395 e. The van der Waals surface area contributed by atoms with Crippen LogP contribution in [0.1, 0.15) is 91.8 Å². The van der Waals surface area contributed by atoms with Gasteiger partial charge in [0.25, 0.3) is 5.56 Å². The average molecular weight is 564 g/mol. The number of aryl methyl sites for hydroxylation is 1. The summed E-state index contributed by atoms with van der Waals surface area (Å²) in [6, 6.07) is 2.92. The zero-order valence-electron chi connectivity index (χ0n) is 24.4. The molecule has 1 amide bonds.